The Kier molecular flexibility index (Phi) is 9.93. The Bertz CT molecular complexity index is 1050. The summed E-state index contributed by atoms with van der Waals surface area (Å²) in [6.07, 6.45) is 0. The molecule has 0 aliphatic rings. The van der Waals surface area contributed by atoms with Gasteiger partial charge in [0.25, 0.3) is 0 Å². The van der Waals surface area contributed by atoms with Gasteiger partial charge in [-0.1, -0.05) is 118 Å². The summed E-state index contributed by atoms with van der Waals surface area (Å²) in [6, 6.07) is 24.4. The van der Waals surface area contributed by atoms with Gasteiger partial charge < -0.3 is 9.47 Å². The number of ether oxygens (including phenoxy) is 2. The summed E-state index contributed by atoms with van der Waals surface area (Å²) in [5.74, 6) is 1.14. The normalized spacial score (nSPS) is 11.3. The minimum Gasteiger partial charge on any atom is -0.489 e. The van der Waals surface area contributed by atoms with Crippen molar-refractivity contribution in [3.63, 3.8) is 0 Å². The molecule has 0 atom stereocenters. The molecule has 3 aromatic rings. The molecule has 0 aliphatic heterocycles. The van der Waals surface area contributed by atoms with Crippen LogP contribution < -0.4 is 9.47 Å². The van der Waals surface area contributed by atoms with Crippen molar-refractivity contribution in [2.45, 2.75) is 71.2 Å². The van der Waals surface area contributed by atoms with E-state index in [9.17, 15) is 4.79 Å². The van der Waals surface area contributed by atoms with Crippen LogP contribution >= 0.6 is 15.9 Å². The van der Waals surface area contributed by atoms with Gasteiger partial charge in [-0.2, -0.15) is 0 Å². The van der Waals surface area contributed by atoms with Crippen molar-refractivity contribution in [3.05, 3.63) is 95.1 Å². The molecule has 0 N–H and O–H groups in total. The van der Waals surface area contributed by atoms with E-state index in [2.05, 4.69) is 81.7 Å². The van der Waals surface area contributed by atoms with Crippen LogP contribution in [-0.4, -0.2) is 5.97 Å². The molecule has 0 saturated heterocycles. The maximum atomic E-state index is 11.6. The van der Waals surface area contributed by atoms with Crippen molar-refractivity contribution >= 4 is 21.9 Å². The first-order chi connectivity index (χ1) is 15.9. The molecule has 0 spiro atoms. The maximum Gasteiger partial charge on any atom is 0.308 e. The molecule has 3 aromatic carbocycles. The summed E-state index contributed by atoms with van der Waals surface area (Å²) in [4.78, 5) is 11.6. The van der Waals surface area contributed by atoms with Crippen LogP contribution in [-0.2, 0) is 27.6 Å². The second kappa shape index (κ2) is 12.2. The van der Waals surface area contributed by atoms with Crippen molar-refractivity contribution in [3.8, 4) is 11.5 Å². The monoisotopic (exact) mass is 524 g/mol. The number of hydrogen-bond donors (Lipinski definition) is 0. The average Bonchev–Trinajstić information content (AvgIpc) is 2.78. The number of esters is 1. The Labute approximate surface area is 213 Å². The van der Waals surface area contributed by atoms with E-state index in [0.29, 0.717) is 12.4 Å². The smallest absolute Gasteiger partial charge is 0.308 e. The van der Waals surface area contributed by atoms with Gasteiger partial charge in [0.2, 0.25) is 0 Å². The highest BCUT2D eigenvalue weighted by atomic mass is 79.9. The number of halogens is 1. The van der Waals surface area contributed by atoms with E-state index in [1.54, 1.807) is 0 Å². The fourth-order valence-corrected chi connectivity index (χ4v) is 3.77. The molecule has 4 heteroatoms. The maximum absolute atomic E-state index is 11.6. The zero-order valence-electron chi connectivity index (χ0n) is 21.4. The average molecular weight is 526 g/mol. The first kappa shape index (κ1) is 27.7. The SMILES string of the molecule is BrCc1ccccc1.CC(=O)Oc1cc(C(C)(C)C)c(OCc2ccccc2)cc1C(C)(C)C. The van der Waals surface area contributed by atoms with Gasteiger partial charge in [-0.25, -0.2) is 0 Å². The predicted octanol–water partition coefficient (Wildman–Crippen LogP) is 8.37. The third-order valence-electron chi connectivity index (χ3n) is 5.19. The van der Waals surface area contributed by atoms with Crippen molar-refractivity contribution in [1.29, 1.82) is 0 Å². The van der Waals surface area contributed by atoms with Gasteiger partial charge in [0.05, 0.1) is 0 Å². The summed E-state index contributed by atoms with van der Waals surface area (Å²) >= 11 is 3.36. The van der Waals surface area contributed by atoms with Crippen molar-refractivity contribution in [1.82, 2.24) is 0 Å². The molecule has 3 rings (SSSR count). The van der Waals surface area contributed by atoms with Gasteiger partial charge in [-0.3, -0.25) is 4.79 Å². The lowest BCUT2D eigenvalue weighted by atomic mass is 9.81. The number of carbonyl (C=O) groups excluding carboxylic acids is 1. The summed E-state index contributed by atoms with van der Waals surface area (Å²) in [6.45, 7) is 14.6. The molecule has 0 saturated carbocycles. The summed E-state index contributed by atoms with van der Waals surface area (Å²) in [5.41, 5.74) is 4.12. The standard InChI is InChI=1S/C23H30O3.C7H7Br/c1-16(24)26-21-14-18(22(2,3)4)20(13-19(21)23(5,6)7)25-15-17-11-9-8-10-12-17;8-6-7-4-2-1-3-5-7/h8-14H,15H2,1-7H3;1-5H,6H2. The number of benzene rings is 3. The van der Waals surface area contributed by atoms with Crippen LogP contribution in [0.1, 0.15) is 70.7 Å². The summed E-state index contributed by atoms with van der Waals surface area (Å²) in [7, 11) is 0. The zero-order valence-corrected chi connectivity index (χ0v) is 23.0. The Morgan fingerprint density at radius 1 is 0.735 bits per heavy atom. The van der Waals surface area contributed by atoms with Crippen LogP contribution in [0.2, 0.25) is 0 Å². The Morgan fingerprint density at radius 2 is 1.18 bits per heavy atom. The van der Waals surface area contributed by atoms with Crippen LogP contribution in [0.15, 0.2) is 72.8 Å². The predicted molar refractivity (Wildman–Crippen MR) is 145 cm³/mol. The molecule has 0 unspecified atom stereocenters. The number of hydrogen-bond acceptors (Lipinski definition) is 3. The van der Waals surface area contributed by atoms with Gasteiger partial charge in [-0.05, 0) is 34.1 Å². The van der Waals surface area contributed by atoms with Crippen LogP contribution in [0.5, 0.6) is 11.5 Å². The van der Waals surface area contributed by atoms with E-state index in [1.807, 2.05) is 48.5 Å². The molecule has 0 radical (unpaired) electrons. The second-order valence-corrected chi connectivity index (χ2v) is 10.9. The lowest BCUT2D eigenvalue weighted by molar-refractivity contribution is -0.131. The van der Waals surface area contributed by atoms with Gasteiger partial charge in [0, 0.05) is 23.4 Å². The molecule has 0 amide bonds. The van der Waals surface area contributed by atoms with Crippen LogP contribution in [0, 0.1) is 0 Å². The van der Waals surface area contributed by atoms with E-state index in [1.165, 1.54) is 12.5 Å². The molecule has 182 valence electrons. The highest BCUT2D eigenvalue weighted by Crippen LogP contribution is 2.41. The molecule has 34 heavy (non-hydrogen) atoms. The lowest BCUT2D eigenvalue weighted by Crippen LogP contribution is -2.19. The minimum absolute atomic E-state index is 0.142. The highest BCUT2D eigenvalue weighted by Gasteiger charge is 2.27. The van der Waals surface area contributed by atoms with Crippen molar-refractivity contribution in [2.24, 2.45) is 0 Å². The highest BCUT2D eigenvalue weighted by molar-refractivity contribution is 9.08. The van der Waals surface area contributed by atoms with E-state index < -0.39 is 0 Å². The lowest BCUT2D eigenvalue weighted by Gasteiger charge is -2.28. The Balaban J connectivity index is 0.000000430. The van der Waals surface area contributed by atoms with E-state index in [4.69, 9.17) is 9.47 Å². The van der Waals surface area contributed by atoms with Crippen LogP contribution in [0.25, 0.3) is 0 Å². The molecule has 0 aromatic heterocycles. The third kappa shape index (κ3) is 8.64. The number of rotatable bonds is 5. The van der Waals surface area contributed by atoms with Gasteiger partial charge in [-0.15, -0.1) is 0 Å². The largest absolute Gasteiger partial charge is 0.489 e. The quantitative estimate of drug-likeness (QED) is 0.191. The fourth-order valence-electron chi connectivity index (χ4n) is 3.39. The Hall–Kier alpha value is -2.59. The van der Waals surface area contributed by atoms with E-state index in [0.717, 1.165) is 27.8 Å². The molecule has 0 heterocycles. The second-order valence-electron chi connectivity index (χ2n) is 10.3. The number of carbonyl (C=O) groups is 1. The molecule has 0 aliphatic carbocycles. The molecule has 0 bridgehead atoms. The van der Waals surface area contributed by atoms with E-state index >= 15 is 0 Å². The topological polar surface area (TPSA) is 35.5 Å². The van der Waals surface area contributed by atoms with Crippen LogP contribution in [0.3, 0.4) is 0 Å². The van der Waals surface area contributed by atoms with Gasteiger partial charge >= 0.3 is 5.97 Å². The summed E-state index contributed by atoms with van der Waals surface area (Å²) < 4.78 is 11.7. The van der Waals surface area contributed by atoms with Crippen molar-refractivity contribution in [2.75, 3.05) is 0 Å². The zero-order chi connectivity index (χ0) is 25.4. The number of alkyl halides is 1. The third-order valence-corrected chi connectivity index (χ3v) is 5.83. The fraction of sp³-hybridized carbons (Fsp3) is 0.367. The molecular formula is C30H37BrO3. The van der Waals surface area contributed by atoms with E-state index in [-0.39, 0.29) is 16.8 Å². The van der Waals surface area contributed by atoms with Gasteiger partial charge in [0.1, 0.15) is 18.1 Å². The molecule has 3 nitrogen and oxygen atoms in total. The van der Waals surface area contributed by atoms with Gasteiger partial charge in [0.15, 0.2) is 0 Å². The summed E-state index contributed by atoms with van der Waals surface area (Å²) in [5, 5.41) is 0.952. The van der Waals surface area contributed by atoms with Crippen LogP contribution in [0.4, 0.5) is 0 Å². The minimum atomic E-state index is -0.312. The molecular weight excluding hydrogens is 488 g/mol. The molecule has 0 fully saturated rings. The first-order valence-corrected chi connectivity index (χ1v) is 12.7. The van der Waals surface area contributed by atoms with Crippen molar-refractivity contribution < 1.29 is 14.3 Å². The first-order valence-electron chi connectivity index (χ1n) is 11.6. The Morgan fingerprint density at radius 3 is 1.59 bits per heavy atom.